The third-order valence-electron chi connectivity index (χ3n) is 12.3. The summed E-state index contributed by atoms with van der Waals surface area (Å²) in [5, 5.41) is 2.21. The molecule has 3 heterocycles. The fraction of sp³-hybridized carbons (Fsp3) is 0.0847. The average Bonchev–Trinajstić information content (AvgIpc) is 3.88. The number of fused-ring (bicyclic) bond motifs is 4. The fourth-order valence-corrected chi connectivity index (χ4v) is 9.03. The molecule has 1 aliphatic rings. The second kappa shape index (κ2) is 17.1. The maximum atomic E-state index is 6.66. The first-order valence-corrected chi connectivity index (χ1v) is 21.8. The zero-order valence-corrected chi connectivity index (χ0v) is 38.8. The Morgan fingerprint density at radius 2 is 1.14 bits per heavy atom. The van der Waals surface area contributed by atoms with Crippen LogP contribution in [-0.2, 0) is 26.5 Å². The van der Waals surface area contributed by atoms with Gasteiger partial charge in [0.05, 0.1) is 0 Å². The first-order chi connectivity index (χ1) is 31.3. The van der Waals surface area contributed by atoms with Gasteiger partial charge >= 0.3 is 0 Å². The summed E-state index contributed by atoms with van der Waals surface area (Å²) in [6.07, 6.45) is 2.00. The Hall–Kier alpha value is -7.20. The number of rotatable bonds is 8. The molecule has 0 amide bonds. The summed E-state index contributed by atoms with van der Waals surface area (Å²) in [5.41, 5.74) is 15.5. The molecule has 10 aromatic rings. The second-order valence-corrected chi connectivity index (χ2v) is 17.4. The minimum absolute atomic E-state index is 0. The summed E-state index contributed by atoms with van der Waals surface area (Å²) in [6, 6.07) is 73.2. The summed E-state index contributed by atoms with van der Waals surface area (Å²) >= 11 is 0. The summed E-state index contributed by atoms with van der Waals surface area (Å²) in [4.78, 5) is 9.58. The molecule has 0 saturated heterocycles. The molecule has 11 rings (SSSR count). The standard InChI is InChI=1S/C59H45N4O.Pt/c1-40-35-57(60-38-52(40)43-29-31-44(32-30-43)59(2,3)4)63-53-26-12-11-23-50(53)51-34-33-47(37-56(51)63)64-46-22-15-21-45(36-46)61-39-62(55-28-14-13-27-54(55)61)58-48(41-17-7-5-8-18-41)24-16-25-49(58)42-19-9-6-10-20-42;/h5-35,38-39H,1-4H3;/q-3;. The number of hydrogen-bond acceptors (Lipinski definition) is 4. The van der Waals surface area contributed by atoms with Gasteiger partial charge in [0.25, 0.3) is 0 Å². The Labute approximate surface area is 395 Å². The van der Waals surface area contributed by atoms with Gasteiger partial charge in [0.1, 0.15) is 5.82 Å². The van der Waals surface area contributed by atoms with E-state index in [2.05, 4.69) is 231 Å². The number of aryl methyl sites for hydroxylation is 1. The maximum Gasteiger partial charge on any atom is 0.135 e. The van der Waals surface area contributed by atoms with Crippen molar-refractivity contribution in [1.29, 1.82) is 0 Å². The van der Waals surface area contributed by atoms with Crippen molar-refractivity contribution in [3.8, 4) is 50.7 Å². The van der Waals surface area contributed by atoms with Crippen LogP contribution in [0.1, 0.15) is 31.9 Å². The Balaban J connectivity index is 0.00000498. The van der Waals surface area contributed by atoms with Gasteiger partial charge in [-0.1, -0.05) is 160 Å². The molecule has 5 nitrogen and oxygen atoms in total. The third kappa shape index (κ3) is 7.70. The van der Waals surface area contributed by atoms with Crippen molar-refractivity contribution in [1.82, 2.24) is 9.55 Å². The van der Waals surface area contributed by atoms with Gasteiger partial charge in [-0.15, -0.1) is 48.1 Å². The van der Waals surface area contributed by atoms with Gasteiger partial charge in [0, 0.05) is 78.0 Å². The Kier molecular flexibility index (Phi) is 11.0. The van der Waals surface area contributed by atoms with Gasteiger partial charge < -0.3 is 19.1 Å². The first kappa shape index (κ1) is 41.8. The van der Waals surface area contributed by atoms with Crippen LogP contribution in [-0.4, -0.2) is 9.55 Å². The van der Waals surface area contributed by atoms with E-state index in [-0.39, 0.29) is 26.5 Å². The number of para-hydroxylation sites is 4. The summed E-state index contributed by atoms with van der Waals surface area (Å²) in [7, 11) is 0. The molecule has 320 valence electrons. The summed E-state index contributed by atoms with van der Waals surface area (Å²) in [6.45, 7) is 11.1. The smallest absolute Gasteiger partial charge is 0.135 e. The molecule has 0 fully saturated rings. The summed E-state index contributed by atoms with van der Waals surface area (Å²) < 4.78 is 8.86. The Morgan fingerprint density at radius 3 is 1.82 bits per heavy atom. The second-order valence-electron chi connectivity index (χ2n) is 17.4. The normalized spacial score (nSPS) is 12.4. The van der Waals surface area contributed by atoms with E-state index in [1.54, 1.807) is 0 Å². The van der Waals surface area contributed by atoms with Gasteiger partial charge in [0.15, 0.2) is 0 Å². The van der Waals surface area contributed by atoms with Gasteiger partial charge in [-0.25, -0.2) is 4.98 Å². The van der Waals surface area contributed by atoms with Crippen LogP contribution in [0.25, 0.3) is 61.0 Å². The van der Waals surface area contributed by atoms with Crippen molar-refractivity contribution in [3.63, 3.8) is 0 Å². The number of nitrogens with zero attached hydrogens (tertiary/aromatic N) is 4. The molecule has 0 N–H and O–H groups in total. The molecule has 1 aliphatic heterocycles. The van der Waals surface area contributed by atoms with Crippen LogP contribution in [0.15, 0.2) is 194 Å². The van der Waals surface area contributed by atoms with Crippen molar-refractivity contribution >= 4 is 44.6 Å². The van der Waals surface area contributed by atoms with Crippen molar-refractivity contribution in [2.24, 2.45) is 0 Å². The van der Waals surface area contributed by atoms with Gasteiger partial charge in [-0.2, -0.15) is 12.1 Å². The molecule has 6 heteroatoms. The Bertz CT molecular complexity index is 3280. The molecule has 0 unspecified atom stereocenters. The van der Waals surface area contributed by atoms with Crippen LogP contribution in [0.5, 0.6) is 11.5 Å². The zero-order valence-electron chi connectivity index (χ0n) is 36.6. The van der Waals surface area contributed by atoms with Crippen molar-refractivity contribution in [2.45, 2.75) is 33.1 Å². The summed E-state index contributed by atoms with van der Waals surface area (Å²) in [5.74, 6) is 2.01. The van der Waals surface area contributed by atoms with Crippen LogP contribution in [0.4, 0.5) is 22.7 Å². The molecule has 0 radical (unpaired) electrons. The van der Waals surface area contributed by atoms with Crippen LogP contribution in [0, 0.1) is 25.7 Å². The van der Waals surface area contributed by atoms with E-state index in [9.17, 15) is 0 Å². The molecule has 0 saturated carbocycles. The predicted molar refractivity (Wildman–Crippen MR) is 264 cm³/mol. The zero-order chi connectivity index (χ0) is 43.4. The molecule has 0 spiro atoms. The van der Waals surface area contributed by atoms with E-state index in [0.717, 1.165) is 89.3 Å². The monoisotopic (exact) mass is 1020 g/mol. The van der Waals surface area contributed by atoms with Crippen LogP contribution >= 0.6 is 0 Å². The number of ether oxygens (including phenoxy) is 1. The van der Waals surface area contributed by atoms with Gasteiger partial charge in [0.2, 0.25) is 0 Å². The number of benzene rings is 8. The minimum Gasteiger partial charge on any atom is -0.509 e. The number of hydrogen-bond donors (Lipinski definition) is 0. The quantitative estimate of drug-likeness (QED) is 0.142. The molecule has 8 aromatic carbocycles. The number of aromatic nitrogens is 2. The molecule has 0 atom stereocenters. The van der Waals surface area contributed by atoms with Crippen molar-refractivity contribution in [3.05, 3.63) is 224 Å². The number of anilines is 4. The topological polar surface area (TPSA) is 33.5 Å². The third-order valence-corrected chi connectivity index (χ3v) is 12.3. The van der Waals surface area contributed by atoms with Gasteiger partial charge in [-0.3, -0.25) is 0 Å². The molecule has 0 aliphatic carbocycles. The Morgan fingerprint density at radius 1 is 0.538 bits per heavy atom. The van der Waals surface area contributed by atoms with E-state index < -0.39 is 0 Å². The molecular formula is C59H45N4OPt-3. The fourth-order valence-electron chi connectivity index (χ4n) is 9.03. The predicted octanol–water partition coefficient (Wildman–Crippen LogP) is 15.6. The van der Waals surface area contributed by atoms with Crippen molar-refractivity contribution < 1.29 is 25.8 Å². The largest absolute Gasteiger partial charge is 0.509 e. The SMILES string of the molecule is Cc1cc(-n2c3[c-]c(Oc4[c-]c(N5[CH-]N(c6c(-c7ccccc7)cccc6-c6ccccc6)c6ccccc65)ccc4)ccc3c3ccccc32)ncc1-c1ccc(C(C)(C)C)cc1.[Pt]. The van der Waals surface area contributed by atoms with Crippen LogP contribution in [0.2, 0.25) is 0 Å². The average molecular weight is 1020 g/mol. The molecular weight excluding hydrogens is 976 g/mol. The minimum atomic E-state index is 0. The molecule has 2 aromatic heterocycles. The first-order valence-electron chi connectivity index (χ1n) is 21.8. The maximum absolute atomic E-state index is 6.66. The van der Waals surface area contributed by atoms with E-state index in [0.29, 0.717) is 11.5 Å². The molecule has 65 heavy (non-hydrogen) atoms. The van der Waals surface area contributed by atoms with Crippen molar-refractivity contribution in [2.75, 3.05) is 9.80 Å². The van der Waals surface area contributed by atoms with E-state index >= 15 is 0 Å². The van der Waals surface area contributed by atoms with Gasteiger partial charge in [-0.05, 0) is 69.8 Å². The van der Waals surface area contributed by atoms with E-state index in [4.69, 9.17) is 9.72 Å². The van der Waals surface area contributed by atoms with Crippen LogP contribution < -0.4 is 14.5 Å². The van der Waals surface area contributed by atoms with Crippen LogP contribution in [0.3, 0.4) is 0 Å². The number of pyridine rings is 1. The van der Waals surface area contributed by atoms with E-state index in [1.165, 1.54) is 5.56 Å². The van der Waals surface area contributed by atoms with E-state index in [1.807, 2.05) is 24.4 Å². The molecule has 0 bridgehead atoms.